The van der Waals surface area contributed by atoms with Crippen molar-refractivity contribution < 1.29 is 14.6 Å². The minimum atomic E-state index is -0.369. The van der Waals surface area contributed by atoms with Crippen LogP contribution in [-0.2, 0) is 4.74 Å². The van der Waals surface area contributed by atoms with E-state index in [-0.39, 0.29) is 25.3 Å². The Bertz CT molecular complexity index is 424. The maximum atomic E-state index is 11.8. The molecule has 1 unspecified atom stereocenters. The summed E-state index contributed by atoms with van der Waals surface area (Å²) in [5.41, 5.74) is 1.03. The highest BCUT2D eigenvalue weighted by Crippen LogP contribution is 2.33. The molecule has 0 spiro atoms. The van der Waals surface area contributed by atoms with Crippen molar-refractivity contribution in [1.82, 2.24) is 4.90 Å². The van der Waals surface area contributed by atoms with Gasteiger partial charge in [-0.25, -0.2) is 4.79 Å². The summed E-state index contributed by atoms with van der Waals surface area (Å²) >= 11 is 5.97. The second kappa shape index (κ2) is 6.07. The molecule has 1 aromatic rings. The van der Waals surface area contributed by atoms with Crippen molar-refractivity contribution in [1.29, 1.82) is 0 Å². The number of amides is 1. The SMILES string of the molecule is O=C(OCCO)N1CCCC1c1cccc(Cl)c1. The summed E-state index contributed by atoms with van der Waals surface area (Å²) in [6, 6.07) is 7.56. The van der Waals surface area contributed by atoms with Gasteiger partial charge in [-0.05, 0) is 30.5 Å². The Morgan fingerprint density at radius 2 is 2.39 bits per heavy atom. The predicted molar refractivity (Wildman–Crippen MR) is 68.6 cm³/mol. The number of hydrogen-bond acceptors (Lipinski definition) is 3. The number of hydrogen-bond donors (Lipinski definition) is 1. The fourth-order valence-electron chi connectivity index (χ4n) is 2.26. The summed E-state index contributed by atoms with van der Waals surface area (Å²) in [5.74, 6) is 0. The first-order valence-corrected chi connectivity index (χ1v) is 6.40. The van der Waals surface area contributed by atoms with Crippen molar-refractivity contribution in [3.05, 3.63) is 34.9 Å². The van der Waals surface area contributed by atoms with Crippen molar-refractivity contribution in [3.8, 4) is 0 Å². The van der Waals surface area contributed by atoms with Crippen molar-refractivity contribution in [3.63, 3.8) is 0 Å². The molecule has 0 radical (unpaired) electrons. The van der Waals surface area contributed by atoms with E-state index in [1.807, 2.05) is 24.3 Å². The highest BCUT2D eigenvalue weighted by Gasteiger charge is 2.30. The Kier molecular flexibility index (Phi) is 4.44. The van der Waals surface area contributed by atoms with E-state index < -0.39 is 0 Å². The van der Waals surface area contributed by atoms with Gasteiger partial charge >= 0.3 is 6.09 Å². The molecule has 1 amide bonds. The molecule has 98 valence electrons. The minimum absolute atomic E-state index is 0.0230. The largest absolute Gasteiger partial charge is 0.447 e. The number of carbonyl (C=O) groups excluding carboxylic acids is 1. The third-order valence-electron chi connectivity index (χ3n) is 3.04. The molecule has 0 saturated carbocycles. The van der Waals surface area contributed by atoms with Crippen LogP contribution in [0, 0.1) is 0 Å². The van der Waals surface area contributed by atoms with E-state index >= 15 is 0 Å². The molecular formula is C13H16ClNO3. The zero-order valence-electron chi connectivity index (χ0n) is 10.0. The Morgan fingerprint density at radius 1 is 1.56 bits per heavy atom. The standard InChI is InChI=1S/C13H16ClNO3/c14-11-4-1-3-10(9-11)12-5-2-6-15(12)13(17)18-8-7-16/h1,3-4,9,12,16H,2,5-8H2. The number of carbonyl (C=O) groups is 1. The summed E-state index contributed by atoms with van der Waals surface area (Å²) < 4.78 is 4.96. The summed E-state index contributed by atoms with van der Waals surface area (Å²) in [4.78, 5) is 13.5. The highest BCUT2D eigenvalue weighted by molar-refractivity contribution is 6.30. The number of rotatable bonds is 3. The van der Waals surface area contributed by atoms with Crippen LogP contribution in [-0.4, -0.2) is 35.9 Å². The summed E-state index contributed by atoms with van der Waals surface area (Å²) in [7, 11) is 0. The smallest absolute Gasteiger partial charge is 0.410 e. The van der Waals surface area contributed by atoms with Gasteiger partial charge in [0.15, 0.2) is 0 Å². The van der Waals surface area contributed by atoms with Crippen LogP contribution in [0.15, 0.2) is 24.3 Å². The first-order chi connectivity index (χ1) is 8.72. The van der Waals surface area contributed by atoms with E-state index in [2.05, 4.69) is 0 Å². The van der Waals surface area contributed by atoms with Gasteiger partial charge in [0.1, 0.15) is 6.61 Å². The van der Waals surface area contributed by atoms with E-state index in [0.29, 0.717) is 11.6 Å². The molecule has 5 heteroatoms. The first kappa shape index (κ1) is 13.2. The number of halogens is 1. The molecule has 1 heterocycles. The zero-order valence-corrected chi connectivity index (χ0v) is 10.8. The normalized spacial score (nSPS) is 19.0. The minimum Gasteiger partial charge on any atom is -0.447 e. The maximum absolute atomic E-state index is 11.8. The van der Waals surface area contributed by atoms with Crippen molar-refractivity contribution in [2.24, 2.45) is 0 Å². The van der Waals surface area contributed by atoms with E-state index in [4.69, 9.17) is 21.4 Å². The third kappa shape index (κ3) is 2.94. The van der Waals surface area contributed by atoms with E-state index in [1.54, 1.807) is 4.90 Å². The summed E-state index contributed by atoms with van der Waals surface area (Å²) in [6.07, 6.45) is 1.49. The van der Waals surface area contributed by atoms with E-state index in [0.717, 1.165) is 18.4 Å². The van der Waals surface area contributed by atoms with Gasteiger partial charge in [-0.15, -0.1) is 0 Å². The van der Waals surface area contributed by atoms with Gasteiger partial charge in [-0.1, -0.05) is 23.7 Å². The average molecular weight is 270 g/mol. The molecule has 1 aliphatic heterocycles. The van der Waals surface area contributed by atoms with Crippen LogP contribution in [0.25, 0.3) is 0 Å². The van der Waals surface area contributed by atoms with Crippen LogP contribution in [0.2, 0.25) is 5.02 Å². The van der Waals surface area contributed by atoms with Gasteiger partial charge in [-0.2, -0.15) is 0 Å². The second-order valence-electron chi connectivity index (χ2n) is 4.24. The zero-order chi connectivity index (χ0) is 13.0. The lowest BCUT2D eigenvalue weighted by Crippen LogP contribution is -2.31. The van der Waals surface area contributed by atoms with Gasteiger partial charge in [-0.3, -0.25) is 0 Å². The number of ether oxygens (including phenoxy) is 1. The third-order valence-corrected chi connectivity index (χ3v) is 3.27. The molecule has 1 aliphatic rings. The van der Waals surface area contributed by atoms with E-state index in [9.17, 15) is 4.79 Å². The molecule has 2 rings (SSSR count). The Morgan fingerprint density at radius 3 is 3.11 bits per heavy atom. The van der Waals surface area contributed by atoms with Crippen molar-refractivity contribution in [2.75, 3.05) is 19.8 Å². The fourth-order valence-corrected chi connectivity index (χ4v) is 2.46. The van der Waals surface area contributed by atoms with Crippen molar-refractivity contribution >= 4 is 17.7 Å². The topological polar surface area (TPSA) is 49.8 Å². The van der Waals surface area contributed by atoms with Gasteiger partial charge in [0.2, 0.25) is 0 Å². The molecule has 1 saturated heterocycles. The molecule has 1 N–H and O–H groups in total. The van der Waals surface area contributed by atoms with Gasteiger partial charge in [0.05, 0.1) is 12.6 Å². The molecular weight excluding hydrogens is 254 g/mol. The van der Waals surface area contributed by atoms with Crippen LogP contribution in [0.1, 0.15) is 24.4 Å². The lowest BCUT2D eigenvalue weighted by Gasteiger charge is -2.24. The molecule has 0 aromatic heterocycles. The Hall–Kier alpha value is -1.26. The monoisotopic (exact) mass is 269 g/mol. The number of nitrogens with zero attached hydrogens (tertiary/aromatic N) is 1. The highest BCUT2D eigenvalue weighted by atomic mass is 35.5. The second-order valence-corrected chi connectivity index (χ2v) is 4.68. The molecule has 0 bridgehead atoms. The summed E-state index contributed by atoms with van der Waals surface area (Å²) in [6.45, 7) is 0.570. The van der Waals surface area contributed by atoms with Gasteiger partial charge < -0.3 is 14.7 Å². The average Bonchev–Trinajstić information content (AvgIpc) is 2.85. The number of aliphatic hydroxyl groups excluding tert-OH is 1. The lowest BCUT2D eigenvalue weighted by atomic mass is 10.1. The number of likely N-dealkylation sites (tertiary alicyclic amines) is 1. The molecule has 4 nitrogen and oxygen atoms in total. The number of benzene rings is 1. The Balaban J connectivity index is 2.10. The number of aliphatic hydroxyl groups is 1. The van der Waals surface area contributed by atoms with Crippen LogP contribution >= 0.6 is 11.6 Å². The molecule has 1 aromatic carbocycles. The molecule has 1 atom stereocenters. The van der Waals surface area contributed by atoms with Crippen LogP contribution < -0.4 is 0 Å². The van der Waals surface area contributed by atoms with E-state index in [1.165, 1.54) is 0 Å². The van der Waals surface area contributed by atoms with Gasteiger partial charge in [0, 0.05) is 11.6 Å². The molecule has 1 fully saturated rings. The fraction of sp³-hybridized carbons (Fsp3) is 0.462. The lowest BCUT2D eigenvalue weighted by molar-refractivity contribution is 0.0807. The molecule has 18 heavy (non-hydrogen) atoms. The van der Waals surface area contributed by atoms with Crippen molar-refractivity contribution in [2.45, 2.75) is 18.9 Å². The van der Waals surface area contributed by atoms with Crippen LogP contribution in [0.5, 0.6) is 0 Å². The quantitative estimate of drug-likeness (QED) is 0.918. The Labute approximate surface area is 111 Å². The maximum Gasteiger partial charge on any atom is 0.410 e. The summed E-state index contributed by atoms with van der Waals surface area (Å²) in [5, 5.41) is 9.33. The molecule has 0 aliphatic carbocycles. The first-order valence-electron chi connectivity index (χ1n) is 6.02. The van der Waals surface area contributed by atoms with Crippen LogP contribution in [0.4, 0.5) is 4.79 Å². The predicted octanol–water partition coefficient (Wildman–Crippen LogP) is 2.61. The van der Waals surface area contributed by atoms with Gasteiger partial charge in [0.25, 0.3) is 0 Å². The van der Waals surface area contributed by atoms with Crippen LogP contribution in [0.3, 0.4) is 0 Å².